The van der Waals surface area contributed by atoms with E-state index in [0.29, 0.717) is 11.1 Å². The molecule has 16 heavy (non-hydrogen) atoms. The number of nitrogens with one attached hydrogen (secondary N) is 2. The Hall–Kier alpha value is -1.36. The molecule has 0 aliphatic carbocycles. The number of H-pyrrole nitrogens is 1. The molecule has 1 spiro atoms. The van der Waals surface area contributed by atoms with Gasteiger partial charge in [-0.05, 0) is 25.5 Å². The van der Waals surface area contributed by atoms with Crippen LogP contribution in [-0.4, -0.2) is 47.2 Å². The molecule has 1 amide bonds. The Morgan fingerprint density at radius 3 is 3.12 bits per heavy atom. The van der Waals surface area contributed by atoms with E-state index < -0.39 is 0 Å². The van der Waals surface area contributed by atoms with Gasteiger partial charge in [0, 0.05) is 31.2 Å². The molecule has 0 aromatic carbocycles. The lowest BCUT2D eigenvalue weighted by Gasteiger charge is -2.22. The van der Waals surface area contributed by atoms with E-state index in [9.17, 15) is 4.79 Å². The van der Waals surface area contributed by atoms with Crippen molar-refractivity contribution in [3.63, 3.8) is 0 Å². The van der Waals surface area contributed by atoms with Crippen LogP contribution in [0.3, 0.4) is 0 Å². The summed E-state index contributed by atoms with van der Waals surface area (Å²) >= 11 is 0. The number of rotatable bonds is 1. The molecule has 2 N–H and O–H groups in total. The second-order valence-corrected chi connectivity index (χ2v) is 4.87. The number of hydrogen-bond donors (Lipinski definition) is 2. The van der Waals surface area contributed by atoms with Crippen LogP contribution in [0.25, 0.3) is 0 Å². The minimum absolute atomic E-state index is 0.0845. The number of amides is 1. The third-order valence-corrected chi connectivity index (χ3v) is 3.79. The summed E-state index contributed by atoms with van der Waals surface area (Å²) in [6.45, 7) is 3.91. The Morgan fingerprint density at radius 1 is 1.50 bits per heavy atom. The first-order valence-electron chi connectivity index (χ1n) is 5.79. The molecule has 2 fully saturated rings. The second kappa shape index (κ2) is 3.59. The van der Waals surface area contributed by atoms with Crippen LogP contribution in [0.2, 0.25) is 0 Å². The zero-order valence-corrected chi connectivity index (χ0v) is 9.20. The molecule has 2 aliphatic heterocycles. The van der Waals surface area contributed by atoms with Crippen LogP contribution in [-0.2, 0) is 0 Å². The summed E-state index contributed by atoms with van der Waals surface area (Å²) in [6.07, 6.45) is 3.94. The van der Waals surface area contributed by atoms with Crippen molar-refractivity contribution in [2.45, 2.75) is 12.8 Å². The molecule has 3 rings (SSSR count). The fourth-order valence-electron chi connectivity index (χ4n) is 2.80. The first-order chi connectivity index (χ1) is 7.79. The summed E-state index contributed by atoms with van der Waals surface area (Å²) in [7, 11) is 0. The van der Waals surface area contributed by atoms with E-state index in [4.69, 9.17) is 0 Å². The monoisotopic (exact) mass is 220 g/mol. The van der Waals surface area contributed by atoms with Gasteiger partial charge in [0.25, 0.3) is 5.91 Å². The van der Waals surface area contributed by atoms with E-state index in [1.807, 2.05) is 4.90 Å². The third-order valence-electron chi connectivity index (χ3n) is 3.79. The van der Waals surface area contributed by atoms with Crippen LogP contribution in [0.4, 0.5) is 0 Å². The highest BCUT2D eigenvalue weighted by molar-refractivity contribution is 5.92. The van der Waals surface area contributed by atoms with Gasteiger partial charge in [0.05, 0.1) is 0 Å². The Labute approximate surface area is 94.2 Å². The zero-order chi connectivity index (χ0) is 11.0. The number of carbonyl (C=O) groups excluding carboxylic acids is 1. The Kier molecular flexibility index (Phi) is 2.21. The zero-order valence-electron chi connectivity index (χ0n) is 9.20. The van der Waals surface area contributed by atoms with Crippen LogP contribution in [0.15, 0.2) is 12.3 Å². The maximum Gasteiger partial charge on any atom is 0.271 e. The van der Waals surface area contributed by atoms with Crippen LogP contribution in [0.5, 0.6) is 0 Å². The van der Waals surface area contributed by atoms with Crippen molar-refractivity contribution in [3.8, 4) is 0 Å². The lowest BCUT2D eigenvalue weighted by atomic mass is 9.87. The predicted molar refractivity (Wildman–Crippen MR) is 59.0 cm³/mol. The van der Waals surface area contributed by atoms with Crippen molar-refractivity contribution >= 4 is 5.91 Å². The van der Waals surface area contributed by atoms with Crippen molar-refractivity contribution in [3.05, 3.63) is 18.0 Å². The molecular formula is C11H16N4O. The van der Waals surface area contributed by atoms with Gasteiger partial charge in [-0.2, -0.15) is 5.10 Å². The van der Waals surface area contributed by atoms with Crippen LogP contribution in [0.1, 0.15) is 23.3 Å². The van der Waals surface area contributed by atoms with Gasteiger partial charge in [0.1, 0.15) is 5.69 Å². The first-order valence-corrected chi connectivity index (χ1v) is 5.79. The van der Waals surface area contributed by atoms with E-state index in [1.54, 1.807) is 12.3 Å². The fraction of sp³-hybridized carbons (Fsp3) is 0.636. The first kappa shape index (κ1) is 9.84. The predicted octanol–water partition coefficient (Wildman–Crippen LogP) is 0.235. The summed E-state index contributed by atoms with van der Waals surface area (Å²) in [5.41, 5.74) is 0.943. The van der Waals surface area contributed by atoms with Crippen LogP contribution < -0.4 is 5.32 Å². The molecular weight excluding hydrogens is 204 g/mol. The highest BCUT2D eigenvalue weighted by Gasteiger charge is 2.42. The standard InChI is InChI=1S/C11H16N4O/c16-10(9-1-4-13-14-9)15-6-3-11(8-15)2-5-12-7-11/h1,4,12H,2-3,5-8H2,(H,13,14). The highest BCUT2D eigenvalue weighted by Crippen LogP contribution is 2.36. The van der Waals surface area contributed by atoms with Gasteiger partial charge in [-0.25, -0.2) is 0 Å². The van der Waals surface area contributed by atoms with Gasteiger partial charge in [-0.15, -0.1) is 0 Å². The van der Waals surface area contributed by atoms with E-state index in [1.165, 1.54) is 6.42 Å². The highest BCUT2D eigenvalue weighted by atomic mass is 16.2. The minimum atomic E-state index is 0.0845. The molecule has 0 saturated carbocycles. The Balaban J connectivity index is 1.72. The van der Waals surface area contributed by atoms with Crippen molar-refractivity contribution < 1.29 is 4.79 Å². The lowest BCUT2D eigenvalue weighted by molar-refractivity contribution is 0.0770. The number of hydrogen-bond acceptors (Lipinski definition) is 3. The summed E-state index contributed by atoms with van der Waals surface area (Å²) in [5.74, 6) is 0.0845. The van der Waals surface area contributed by atoms with Crippen LogP contribution in [0, 0.1) is 5.41 Å². The molecule has 1 aromatic rings. The second-order valence-electron chi connectivity index (χ2n) is 4.87. The van der Waals surface area contributed by atoms with Gasteiger partial charge >= 0.3 is 0 Å². The summed E-state index contributed by atoms with van der Waals surface area (Å²) < 4.78 is 0. The average molecular weight is 220 g/mol. The lowest BCUT2D eigenvalue weighted by Crippen LogP contribution is -2.33. The molecule has 1 aromatic heterocycles. The topological polar surface area (TPSA) is 61.0 Å². The Bertz CT molecular complexity index is 381. The normalized spacial score (nSPS) is 29.1. The van der Waals surface area contributed by atoms with E-state index in [2.05, 4.69) is 15.5 Å². The molecule has 0 radical (unpaired) electrons. The Morgan fingerprint density at radius 2 is 2.44 bits per heavy atom. The van der Waals surface area contributed by atoms with Crippen molar-refractivity contribution in [1.82, 2.24) is 20.4 Å². The SMILES string of the molecule is O=C(c1ccn[nH]1)N1CCC2(CCNC2)C1. The maximum absolute atomic E-state index is 12.1. The smallest absolute Gasteiger partial charge is 0.271 e. The molecule has 2 saturated heterocycles. The largest absolute Gasteiger partial charge is 0.337 e. The average Bonchev–Trinajstić information content (AvgIpc) is 3.01. The van der Waals surface area contributed by atoms with Gasteiger partial charge in [-0.1, -0.05) is 0 Å². The fourth-order valence-corrected chi connectivity index (χ4v) is 2.80. The minimum Gasteiger partial charge on any atom is -0.337 e. The molecule has 86 valence electrons. The molecule has 0 bridgehead atoms. The summed E-state index contributed by atoms with van der Waals surface area (Å²) in [4.78, 5) is 14.0. The van der Waals surface area contributed by atoms with Crippen LogP contribution >= 0.6 is 0 Å². The van der Waals surface area contributed by atoms with Crippen molar-refractivity contribution in [2.75, 3.05) is 26.2 Å². The number of aromatic amines is 1. The van der Waals surface area contributed by atoms with Crippen molar-refractivity contribution in [2.24, 2.45) is 5.41 Å². The van der Waals surface area contributed by atoms with Gasteiger partial charge in [-0.3, -0.25) is 9.89 Å². The molecule has 1 unspecified atom stereocenters. The molecule has 5 heteroatoms. The molecule has 2 aliphatic rings. The van der Waals surface area contributed by atoms with Gasteiger partial charge < -0.3 is 10.2 Å². The molecule has 5 nitrogen and oxygen atoms in total. The number of nitrogens with zero attached hydrogens (tertiary/aromatic N) is 2. The maximum atomic E-state index is 12.1. The van der Waals surface area contributed by atoms with Gasteiger partial charge in [0.2, 0.25) is 0 Å². The van der Waals surface area contributed by atoms with Crippen molar-refractivity contribution in [1.29, 1.82) is 0 Å². The molecule has 1 atom stereocenters. The quantitative estimate of drug-likeness (QED) is 0.712. The van der Waals surface area contributed by atoms with E-state index in [0.717, 1.165) is 32.6 Å². The number of aromatic nitrogens is 2. The number of likely N-dealkylation sites (tertiary alicyclic amines) is 1. The van der Waals surface area contributed by atoms with E-state index in [-0.39, 0.29) is 5.91 Å². The van der Waals surface area contributed by atoms with Gasteiger partial charge in [0.15, 0.2) is 0 Å². The summed E-state index contributed by atoms with van der Waals surface area (Å²) in [5, 5.41) is 9.95. The summed E-state index contributed by atoms with van der Waals surface area (Å²) in [6, 6.07) is 1.74. The number of carbonyl (C=O) groups is 1. The van der Waals surface area contributed by atoms with E-state index >= 15 is 0 Å². The third kappa shape index (κ3) is 1.51. The molecule has 3 heterocycles.